The summed E-state index contributed by atoms with van der Waals surface area (Å²) < 4.78 is 10.4. The number of Topliss-reactive ketones (excluding diaryl/α,β-unsaturated/α-hetero) is 1. The number of aliphatic hydroxyl groups excluding tert-OH is 4. The number of carbonyl (C=O) groups excluding carboxylic acids is 1. The Bertz CT molecular complexity index is 477. The van der Waals surface area contributed by atoms with Crippen LogP contribution in [0.15, 0.2) is 5.38 Å². The molecule has 0 aliphatic carbocycles. The lowest BCUT2D eigenvalue weighted by Gasteiger charge is -2.39. The summed E-state index contributed by atoms with van der Waals surface area (Å²) in [5, 5.41) is 39.6. The number of hydrogen-bond donors (Lipinski definition) is 4. The first-order chi connectivity index (χ1) is 9.43. The number of ether oxygens (including phenoxy) is 2. The van der Waals surface area contributed by atoms with Gasteiger partial charge >= 0.3 is 0 Å². The second kappa shape index (κ2) is 6.12. The molecule has 9 heteroatoms. The molecule has 1 saturated heterocycles. The number of hydrogen-bond acceptors (Lipinski definition) is 9. The number of rotatable bonds is 4. The Balaban J connectivity index is 2.08. The minimum absolute atomic E-state index is 0.0829. The second-order valence-corrected chi connectivity index (χ2v) is 5.19. The number of aliphatic hydroxyl groups is 4. The van der Waals surface area contributed by atoms with Crippen molar-refractivity contribution in [2.45, 2.75) is 37.6 Å². The summed E-state index contributed by atoms with van der Waals surface area (Å²) in [6.45, 7) is 0.814. The van der Waals surface area contributed by atoms with E-state index in [9.17, 15) is 20.1 Å². The highest BCUT2D eigenvalue weighted by molar-refractivity contribution is 7.11. The van der Waals surface area contributed by atoms with E-state index >= 15 is 0 Å². The molecule has 0 bridgehead atoms. The van der Waals surface area contributed by atoms with Gasteiger partial charge in [-0.15, -0.1) is 0 Å². The molecule has 0 spiro atoms. The second-order valence-electron chi connectivity index (χ2n) is 4.37. The van der Waals surface area contributed by atoms with Crippen molar-refractivity contribution in [1.29, 1.82) is 0 Å². The fourth-order valence-corrected chi connectivity index (χ4v) is 2.47. The Morgan fingerprint density at radius 1 is 1.40 bits per heavy atom. The number of carbonyl (C=O) groups is 1. The van der Waals surface area contributed by atoms with Crippen molar-refractivity contribution in [2.24, 2.45) is 0 Å². The van der Waals surface area contributed by atoms with E-state index in [1.54, 1.807) is 0 Å². The molecule has 2 heterocycles. The summed E-state index contributed by atoms with van der Waals surface area (Å²) in [5.41, 5.74) is 0.217. The van der Waals surface area contributed by atoms with E-state index in [0.717, 1.165) is 11.3 Å². The van der Waals surface area contributed by atoms with E-state index in [-0.39, 0.29) is 16.7 Å². The van der Waals surface area contributed by atoms with Crippen molar-refractivity contribution in [3.05, 3.63) is 11.1 Å². The molecule has 1 aliphatic heterocycles. The minimum atomic E-state index is -1.52. The molecule has 1 aromatic heterocycles. The van der Waals surface area contributed by atoms with E-state index in [4.69, 9.17) is 14.6 Å². The number of thiazole rings is 1. The molecule has 5 unspecified atom stereocenters. The highest BCUT2D eigenvalue weighted by Crippen LogP contribution is 2.26. The first-order valence-electron chi connectivity index (χ1n) is 5.87. The molecule has 1 aliphatic rings. The van der Waals surface area contributed by atoms with Crippen LogP contribution in [-0.2, 0) is 4.74 Å². The third-order valence-corrected chi connectivity index (χ3v) is 3.64. The Morgan fingerprint density at radius 3 is 2.65 bits per heavy atom. The van der Waals surface area contributed by atoms with E-state index in [1.807, 2.05) is 0 Å². The molecule has 0 aromatic carbocycles. The maximum Gasteiger partial charge on any atom is 0.276 e. The molecule has 2 rings (SSSR count). The van der Waals surface area contributed by atoms with Crippen molar-refractivity contribution in [3.63, 3.8) is 0 Å². The molecule has 112 valence electrons. The minimum Gasteiger partial charge on any atom is -0.437 e. The Morgan fingerprint density at radius 2 is 2.10 bits per heavy atom. The monoisotopic (exact) mass is 305 g/mol. The van der Waals surface area contributed by atoms with E-state index in [1.165, 1.54) is 12.3 Å². The van der Waals surface area contributed by atoms with Crippen molar-refractivity contribution >= 4 is 17.1 Å². The third kappa shape index (κ3) is 2.97. The van der Waals surface area contributed by atoms with E-state index in [0.29, 0.717) is 0 Å². The highest BCUT2D eigenvalue weighted by Gasteiger charge is 2.45. The van der Waals surface area contributed by atoms with Crippen LogP contribution in [0.25, 0.3) is 0 Å². The van der Waals surface area contributed by atoms with Crippen LogP contribution in [0.1, 0.15) is 17.4 Å². The summed E-state index contributed by atoms with van der Waals surface area (Å²) >= 11 is 1.03. The first-order valence-corrected chi connectivity index (χ1v) is 6.75. The Kier molecular flexibility index (Phi) is 4.68. The Hall–Kier alpha value is -1.10. The van der Waals surface area contributed by atoms with Gasteiger partial charge in [0.05, 0.1) is 6.61 Å². The number of aromatic nitrogens is 1. The summed E-state index contributed by atoms with van der Waals surface area (Å²) in [6, 6.07) is 0. The van der Waals surface area contributed by atoms with Crippen molar-refractivity contribution in [1.82, 2.24) is 4.98 Å². The van der Waals surface area contributed by atoms with Crippen molar-refractivity contribution < 1.29 is 34.7 Å². The lowest BCUT2D eigenvalue weighted by Crippen LogP contribution is -2.60. The fraction of sp³-hybridized carbons (Fsp3) is 0.636. The normalized spacial score (nSPS) is 34.0. The topological polar surface area (TPSA) is 129 Å². The predicted molar refractivity (Wildman–Crippen MR) is 66.5 cm³/mol. The van der Waals surface area contributed by atoms with Gasteiger partial charge in [0.25, 0.3) is 5.19 Å². The predicted octanol–water partition coefficient (Wildman–Crippen LogP) is -1.48. The molecule has 0 amide bonds. The number of nitrogens with zero attached hydrogens (tertiary/aromatic N) is 1. The van der Waals surface area contributed by atoms with Gasteiger partial charge in [-0.3, -0.25) is 4.79 Å². The summed E-state index contributed by atoms with van der Waals surface area (Å²) in [6.07, 6.45) is -6.81. The zero-order valence-corrected chi connectivity index (χ0v) is 11.4. The van der Waals surface area contributed by atoms with Crippen molar-refractivity contribution in [2.75, 3.05) is 6.61 Å². The first kappa shape index (κ1) is 15.3. The molecule has 1 fully saturated rings. The average molecular weight is 305 g/mol. The molecule has 5 atom stereocenters. The van der Waals surface area contributed by atoms with E-state index in [2.05, 4.69) is 4.98 Å². The molecular weight excluding hydrogens is 290 g/mol. The van der Waals surface area contributed by atoms with Gasteiger partial charge in [-0.1, -0.05) is 11.3 Å². The van der Waals surface area contributed by atoms with Gasteiger partial charge in [-0.2, -0.15) is 4.98 Å². The molecule has 4 N–H and O–H groups in total. The van der Waals surface area contributed by atoms with Crippen LogP contribution in [-0.4, -0.2) is 68.5 Å². The lowest BCUT2D eigenvalue weighted by atomic mass is 9.99. The van der Waals surface area contributed by atoms with Gasteiger partial charge < -0.3 is 29.9 Å². The van der Waals surface area contributed by atoms with Crippen LogP contribution in [0, 0.1) is 0 Å². The zero-order valence-electron chi connectivity index (χ0n) is 10.5. The Labute approximate surface area is 118 Å². The van der Waals surface area contributed by atoms with Gasteiger partial charge in [0.1, 0.15) is 30.1 Å². The SMILES string of the molecule is CC(=O)c1csc(OC2OC(CO)C(O)C(O)C2O)n1. The molecule has 20 heavy (non-hydrogen) atoms. The van der Waals surface area contributed by atoms with Gasteiger partial charge in [-0.25, -0.2) is 0 Å². The molecule has 0 radical (unpaired) electrons. The smallest absolute Gasteiger partial charge is 0.276 e. The van der Waals surface area contributed by atoms with Crippen molar-refractivity contribution in [3.8, 4) is 5.19 Å². The summed E-state index contributed by atoms with van der Waals surface area (Å²) in [4.78, 5) is 15.0. The molecular formula is C11H15NO7S. The largest absolute Gasteiger partial charge is 0.437 e. The quantitative estimate of drug-likeness (QED) is 0.496. The standard InChI is InChI=1S/C11H15NO7S/c1-4(14)5-3-20-11(12-5)19-10-9(17)8(16)7(15)6(2-13)18-10/h3,6-10,13,15-17H,2H2,1H3. The zero-order chi connectivity index (χ0) is 14.9. The van der Waals surface area contributed by atoms with Gasteiger partial charge in [-0.05, 0) is 0 Å². The van der Waals surface area contributed by atoms with E-state index < -0.39 is 37.3 Å². The van der Waals surface area contributed by atoms with Gasteiger partial charge in [0, 0.05) is 12.3 Å². The van der Waals surface area contributed by atoms with Crippen LogP contribution in [0.5, 0.6) is 5.19 Å². The summed E-state index contributed by atoms with van der Waals surface area (Å²) in [7, 11) is 0. The maximum absolute atomic E-state index is 11.1. The van der Waals surface area contributed by atoms with Gasteiger partial charge in [0.15, 0.2) is 5.78 Å². The number of ketones is 1. The molecule has 8 nitrogen and oxygen atoms in total. The fourth-order valence-electron chi connectivity index (χ4n) is 1.74. The molecule has 0 saturated carbocycles. The third-order valence-electron chi connectivity index (χ3n) is 2.91. The lowest BCUT2D eigenvalue weighted by molar-refractivity contribution is -0.277. The van der Waals surface area contributed by atoms with Crippen LogP contribution in [0.2, 0.25) is 0 Å². The van der Waals surface area contributed by atoms with Crippen LogP contribution >= 0.6 is 11.3 Å². The molecule has 1 aromatic rings. The van der Waals surface area contributed by atoms with Crippen LogP contribution in [0.3, 0.4) is 0 Å². The summed E-state index contributed by atoms with van der Waals surface area (Å²) in [5.74, 6) is -0.232. The maximum atomic E-state index is 11.1. The van der Waals surface area contributed by atoms with Crippen LogP contribution < -0.4 is 4.74 Å². The van der Waals surface area contributed by atoms with Crippen LogP contribution in [0.4, 0.5) is 0 Å². The van der Waals surface area contributed by atoms with Gasteiger partial charge in [0.2, 0.25) is 6.29 Å². The highest BCUT2D eigenvalue weighted by atomic mass is 32.1. The average Bonchev–Trinajstić information content (AvgIpc) is 2.88.